The first-order valence-electron chi connectivity index (χ1n) is 5.95. The quantitative estimate of drug-likeness (QED) is 0.821. The number of rotatable bonds is 1. The van der Waals surface area contributed by atoms with Gasteiger partial charge in [0.05, 0.1) is 5.69 Å². The summed E-state index contributed by atoms with van der Waals surface area (Å²) in [6.07, 6.45) is 3.64. The first-order chi connectivity index (χ1) is 8.66. The first-order valence-corrected chi connectivity index (χ1v) is 6.74. The summed E-state index contributed by atoms with van der Waals surface area (Å²) in [5.74, 6) is 0.491. The molecule has 1 aliphatic heterocycles. The topological polar surface area (TPSA) is 85.5 Å². The largest absolute Gasteiger partial charge is 0.382 e. The van der Waals surface area contributed by atoms with Crippen LogP contribution >= 0.6 is 15.9 Å². The fourth-order valence-electron chi connectivity index (χ4n) is 2.48. The van der Waals surface area contributed by atoms with Crippen LogP contribution in [-0.4, -0.2) is 33.7 Å². The molecule has 3 rings (SSSR count). The molecule has 2 aromatic rings. The highest BCUT2D eigenvalue weighted by Crippen LogP contribution is 2.32. The molecule has 3 heterocycles. The van der Waals surface area contributed by atoms with Gasteiger partial charge in [-0.05, 0) is 34.8 Å². The van der Waals surface area contributed by atoms with Gasteiger partial charge in [0.15, 0.2) is 5.82 Å². The lowest BCUT2D eigenvalue weighted by Crippen LogP contribution is -2.42. The Bertz CT molecular complexity index is 580. The van der Waals surface area contributed by atoms with Crippen molar-refractivity contribution in [3.8, 4) is 0 Å². The van der Waals surface area contributed by atoms with Gasteiger partial charge < -0.3 is 16.4 Å². The molecule has 4 N–H and O–H groups in total. The van der Waals surface area contributed by atoms with Crippen LogP contribution in [0.15, 0.2) is 17.0 Å². The van der Waals surface area contributed by atoms with E-state index in [1.807, 2.05) is 6.07 Å². The van der Waals surface area contributed by atoms with Crippen LogP contribution in [0.4, 0.5) is 11.5 Å². The van der Waals surface area contributed by atoms with Gasteiger partial charge in [0.1, 0.15) is 16.4 Å². The standard InChI is InChI=1S/C11H15BrN6/c12-9-4-8(17-3-1-2-7(13)5-17)10-11(14)15-6-16-18(9)10/h4,6-7H,1-3,5,13H2,(H2,14,15,16). The van der Waals surface area contributed by atoms with Gasteiger partial charge in [-0.25, -0.2) is 9.50 Å². The van der Waals surface area contributed by atoms with Crippen molar-refractivity contribution in [2.45, 2.75) is 18.9 Å². The SMILES string of the molecule is Nc1ncnn2c(Br)cc(N3CCCC(N)C3)c12. The minimum absolute atomic E-state index is 0.221. The molecule has 1 fully saturated rings. The second kappa shape index (κ2) is 4.40. The molecule has 2 aromatic heterocycles. The van der Waals surface area contributed by atoms with Crippen LogP contribution in [-0.2, 0) is 0 Å². The summed E-state index contributed by atoms with van der Waals surface area (Å²) >= 11 is 3.49. The van der Waals surface area contributed by atoms with Gasteiger partial charge in [-0.2, -0.15) is 5.10 Å². The number of halogens is 1. The van der Waals surface area contributed by atoms with Gasteiger partial charge in [0.2, 0.25) is 0 Å². The highest BCUT2D eigenvalue weighted by molar-refractivity contribution is 9.10. The van der Waals surface area contributed by atoms with Crippen molar-refractivity contribution in [1.29, 1.82) is 0 Å². The molecule has 0 spiro atoms. The second-order valence-electron chi connectivity index (χ2n) is 4.61. The molecule has 1 aliphatic rings. The average Bonchev–Trinajstić information content (AvgIpc) is 2.69. The van der Waals surface area contributed by atoms with E-state index in [4.69, 9.17) is 11.5 Å². The number of nitrogens with zero attached hydrogens (tertiary/aromatic N) is 4. The van der Waals surface area contributed by atoms with E-state index in [0.29, 0.717) is 5.82 Å². The number of piperidine rings is 1. The minimum atomic E-state index is 0.221. The Balaban J connectivity index is 2.11. The molecule has 1 saturated heterocycles. The maximum absolute atomic E-state index is 6.03. The van der Waals surface area contributed by atoms with E-state index in [1.54, 1.807) is 4.52 Å². The van der Waals surface area contributed by atoms with Crippen LogP contribution < -0.4 is 16.4 Å². The molecule has 18 heavy (non-hydrogen) atoms. The fourth-order valence-corrected chi connectivity index (χ4v) is 2.97. The molecule has 0 bridgehead atoms. The molecule has 0 saturated carbocycles. The van der Waals surface area contributed by atoms with E-state index >= 15 is 0 Å². The van der Waals surface area contributed by atoms with Crippen LogP contribution in [0.3, 0.4) is 0 Å². The number of nitrogen functional groups attached to an aromatic ring is 1. The molecule has 6 nitrogen and oxygen atoms in total. The Morgan fingerprint density at radius 2 is 2.28 bits per heavy atom. The third-order valence-corrected chi connectivity index (χ3v) is 3.88. The van der Waals surface area contributed by atoms with Crippen molar-refractivity contribution in [1.82, 2.24) is 14.6 Å². The molecule has 0 radical (unpaired) electrons. The molecule has 96 valence electrons. The van der Waals surface area contributed by atoms with Crippen molar-refractivity contribution in [3.05, 3.63) is 17.0 Å². The van der Waals surface area contributed by atoms with Crippen molar-refractivity contribution < 1.29 is 0 Å². The highest BCUT2D eigenvalue weighted by Gasteiger charge is 2.22. The molecule has 1 unspecified atom stereocenters. The van der Waals surface area contributed by atoms with Crippen LogP contribution in [0.2, 0.25) is 0 Å². The summed E-state index contributed by atoms with van der Waals surface area (Å²) in [6, 6.07) is 2.25. The fraction of sp³-hybridized carbons (Fsp3) is 0.455. The van der Waals surface area contributed by atoms with E-state index in [9.17, 15) is 0 Å². The molecule has 0 amide bonds. The minimum Gasteiger partial charge on any atom is -0.382 e. The van der Waals surface area contributed by atoms with Crippen molar-refractivity contribution in [3.63, 3.8) is 0 Å². The number of nitrogens with two attached hydrogens (primary N) is 2. The monoisotopic (exact) mass is 310 g/mol. The summed E-state index contributed by atoms with van der Waals surface area (Å²) < 4.78 is 2.64. The van der Waals surface area contributed by atoms with Crippen LogP contribution in [0.5, 0.6) is 0 Å². The first kappa shape index (κ1) is 11.7. The Kier molecular flexibility index (Phi) is 2.87. The Labute approximate surface area is 113 Å². The zero-order valence-electron chi connectivity index (χ0n) is 9.88. The van der Waals surface area contributed by atoms with Gasteiger partial charge in [-0.3, -0.25) is 0 Å². The molecule has 0 aliphatic carbocycles. The van der Waals surface area contributed by atoms with Gasteiger partial charge in [-0.15, -0.1) is 0 Å². The van der Waals surface area contributed by atoms with Crippen LogP contribution in [0, 0.1) is 0 Å². The van der Waals surface area contributed by atoms with E-state index in [0.717, 1.165) is 41.7 Å². The number of aromatic nitrogens is 3. The molecule has 7 heteroatoms. The zero-order valence-corrected chi connectivity index (χ0v) is 11.5. The van der Waals surface area contributed by atoms with E-state index in [1.165, 1.54) is 6.33 Å². The normalized spacial score (nSPS) is 20.6. The van der Waals surface area contributed by atoms with Crippen molar-refractivity contribution >= 4 is 33.0 Å². The van der Waals surface area contributed by atoms with Gasteiger partial charge >= 0.3 is 0 Å². The third-order valence-electron chi connectivity index (χ3n) is 3.32. The summed E-state index contributed by atoms with van der Waals surface area (Å²) in [6.45, 7) is 1.84. The van der Waals surface area contributed by atoms with Crippen molar-refractivity contribution in [2.75, 3.05) is 23.7 Å². The Morgan fingerprint density at radius 1 is 1.44 bits per heavy atom. The molecule has 0 aromatic carbocycles. The zero-order chi connectivity index (χ0) is 12.7. The smallest absolute Gasteiger partial charge is 0.153 e. The van der Waals surface area contributed by atoms with Gasteiger partial charge in [0, 0.05) is 19.1 Å². The van der Waals surface area contributed by atoms with Crippen LogP contribution in [0.1, 0.15) is 12.8 Å². The molecule has 1 atom stereocenters. The number of fused-ring (bicyclic) bond motifs is 1. The lowest BCUT2D eigenvalue weighted by Gasteiger charge is -2.32. The second-order valence-corrected chi connectivity index (χ2v) is 5.42. The highest BCUT2D eigenvalue weighted by atomic mass is 79.9. The summed E-state index contributed by atoms with van der Waals surface area (Å²) in [7, 11) is 0. The van der Waals surface area contributed by atoms with Gasteiger partial charge in [-0.1, -0.05) is 0 Å². The number of hydrogen-bond acceptors (Lipinski definition) is 5. The van der Waals surface area contributed by atoms with E-state index in [-0.39, 0.29) is 6.04 Å². The maximum atomic E-state index is 6.03. The molecular weight excluding hydrogens is 296 g/mol. The Morgan fingerprint density at radius 3 is 3.06 bits per heavy atom. The summed E-state index contributed by atoms with van der Waals surface area (Å²) in [5.41, 5.74) is 13.9. The average molecular weight is 311 g/mol. The van der Waals surface area contributed by atoms with Gasteiger partial charge in [0.25, 0.3) is 0 Å². The van der Waals surface area contributed by atoms with Crippen molar-refractivity contribution in [2.24, 2.45) is 5.73 Å². The van der Waals surface area contributed by atoms with E-state index < -0.39 is 0 Å². The summed E-state index contributed by atoms with van der Waals surface area (Å²) in [4.78, 5) is 6.32. The predicted molar refractivity (Wildman–Crippen MR) is 74.5 cm³/mol. The van der Waals surface area contributed by atoms with E-state index in [2.05, 4.69) is 30.9 Å². The molecular formula is C11H15BrN6. The lowest BCUT2D eigenvalue weighted by molar-refractivity contribution is 0.507. The lowest BCUT2D eigenvalue weighted by atomic mass is 10.1. The predicted octanol–water partition coefficient (Wildman–Crippen LogP) is 1.00. The number of anilines is 2. The number of hydrogen-bond donors (Lipinski definition) is 2. The Hall–Kier alpha value is -1.34. The maximum Gasteiger partial charge on any atom is 0.153 e. The summed E-state index contributed by atoms with van der Waals surface area (Å²) in [5, 5.41) is 4.20. The third kappa shape index (κ3) is 1.83. The van der Waals surface area contributed by atoms with Crippen LogP contribution in [0.25, 0.3) is 5.52 Å².